The molecule has 1 fully saturated rings. The quantitative estimate of drug-likeness (QED) is 0.485. The predicted octanol–water partition coefficient (Wildman–Crippen LogP) is 6.02. The lowest BCUT2D eigenvalue weighted by Gasteiger charge is -2.42. The van der Waals surface area contributed by atoms with Crippen LogP contribution in [0, 0.1) is 0 Å². The molecule has 4 rings (SSSR count). The summed E-state index contributed by atoms with van der Waals surface area (Å²) in [6.45, 7) is 9.02. The molecule has 0 saturated carbocycles. The number of rotatable bonds is 5. The molecule has 0 radical (unpaired) electrons. The second-order valence-corrected chi connectivity index (χ2v) is 9.82. The Hall–Kier alpha value is -3.11. The van der Waals surface area contributed by atoms with Gasteiger partial charge in [0, 0.05) is 26.2 Å². The van der Waals surface area contributed by atoms with Crippen LogP contribution >= 0.6 is 0 Å². The summed E-state index contributed by atoms with van der Waals surface area (Å²) in [5.74, 6) is 0. The third-order valence-electron chi connectivity index (χ3n) is 5.98. The Morgan fingerprint density at radius 2 is 1.42 bits per heavy atom. The monoisotopic (exact) mass is 442 g/mol. The number of piperazine rings is 1. The molecule has 0 spiro atoms. The van der Waals surface area contributed by atoms with Crippen LogP contribution < -0.4 is 0 Å². The number of ether oxygens (including phenoxy) is 1. The van der Waals surface area contributed by atoms with Gasteiger partial charge in [0.05, 0.1) is 6.04 Å². The third-order valence-corrected chi connectivity index (χ3v) is 5.98. The van der Waals surface area contributed by atoms with Gasteiger partial charge in [0.2, 0.25) is 0 Å². The van der Waals surface area contributed by atoms with Gasteiger partial charge in [-0.25, -0.2) is 4.79 Å². The maximum atomic E-state index is 13.0. The van der Waals surface area contributed by atoms with Crippen molar-refractivity contribution in [1.29, 1.82) is 0 Å². The van der Waals surface area contributed by atoms with Gasteiger partial charge in [0.25, 0.3) is 0 Å². The lowest BCUT2D eigenvalue weighted by Crippen LogP contribution is -2.56. The summed E-state index contributed by atoms with van der Waals surface area (Å²) in [7, 11) is 0. The molecule has 4 nitrogen and oxygen atoms in total. The highest BCUT2D eigenvalue weighted by molar-refractivity contribution is 5.69. The zero-order valence-corrected chi connectivity index (χ0v) is 19.9. The maximum absolute atomic E-state index is 13.0. The van der Waals surface area contributed by atoms with Gasteiger partial charge < -0.3 is 9.64 Å². The molecule has 0 aromatic heterocycles. The summed E-state index contributed by atoms with van der Waals surface area (Å²) in [4.78, 5) is 17.4. The van der Waals surface area contributed by atoms with Crippen LogP contribution in [0.2, 0.25) is 0 Å². The van der Waals surface area contributed by atoms with E-state index in [2.05, 4.69) is 77.7 Å². The summed E-state index contributed by atoms with van der Waals surface area (Å²) in [6.07, 6.45) is 0.590. The zero-order valence-electron chi connectivity index (χ0n) is 19.9. The van der Waals surface area contributed by atoms with Crippen molar-refractivity contribution in [3.05, 3.63) is 96.1 Å². The van der Waals surface area contributed by atoms with Gasteiger partial charge in [-0.1, -0.05) is 84.9 Å². The van der Waals surface area contributed by atoms with E-state index in [1.165, 1.54) is 22.3 Å². The first-order valence-electron chi connectivity index (χ1n) is 11.8. The molecule has 3 aromatic rings. The van der Waals surface area contributed by atoms with Crippen molar-refractivity contribution in [1.82, 2.24) is 9.80 Å². The zero-order chi connectivity index (χ0) is 23.3. The number of hydrogen-bond donors (Lipinski definition) is 0. The van der Waals surface area contributed by atoms with Gasteiger partial charge in [-0.15, -0.1) is 0 Å². The Balaban J connectivity index is 1.49. The van der Waals surface area contributed by atoms with Crippen LogP contribution in [-0.4, -0.2) is 47.2 Å². The molecular weight excluding hydrogens is 408 g/mol. The lowest BCUT2D eigenvalue weighted by atomic mass is 9.98. The molecule has 0 bridgehead atoms. The SMILES string of the molecule is CC(C)(C)OC(=O)N1CCN(Cc2ccccc2)C[C@@H]1Cc1ccc(-c2ccccc2)cc1. The van der Waals surface area contributed by atoms with Crippen LogP contribution in [0.15, 0.2) is 84.9 Å². The Bertz CT molecular complexity index is 1030. The van der Waals surface area contributed by atoms with Gasteiger partial charge in [0.15, 0.2) is 0 Å². The highest BCUT2D eigenvalue weighted by Crippen LogP contribution is 2.23. The molecule has 0 N–H and O–H groups in total. The van der Waals surface area contributed by atoms with E-state index >= 15 is 0 Å². The van der Waals surface area contributed by atoms with Crippen LogP contribution in [0.5, 0.6) is 0 Å². The smallest absolute Gasteiger partial charge is 0.410 e. The van der Waals surface area contributed by atoms with Crippen molar-refractivity contribution in [2.24, 2.45) is 0 Å². The van der Waals surface area contributed by atoms with E-state index in [0.717, 1.165) is 26.1 Å². The van der Waals surface area contributed by atoms with E-state index < -0.39 is 5.60 Å². The van der Waals surface area contributed by atoms with Crippen molar-refractivity contribution in [3.63, 3.8) is 0 Å². The molecule has 0 aliphatic carbocycles. The fourth-order valence-corrected chi connectivity index (χ4v) is 4.38. The fourth-order valence-electron chi connectivity index (χ4n) is 4.38. The van der Waals surface area contributed by atoms with Gasteiger partial charge >= 0.3 is 6.09 Å². The molecular formula is C29H34N2O2. The number of nitrogens with zero attached hydrogens (tertiary/aromatic N) is 2. The number of carbonyl (C=O) groups is 1. The molecule has 1 amide bonds. The number of benzene rings is 3. The fraction of sp³-hybridized carbons (Fsp3) is 0.345. The molecule has 172 valence electrons. The Morgan fingerprint density at radius 3 is 2.06 bits per heavy atom. The Morgan fingerprint density at radius 1 is 0.818 bits per heavy atom. The Labute approximate surface area is 197 Å². The first-order valence-corrected chi connectivity index (χ1v) is 11.8. The van der Waals surface area contributed by atoms with E-state index in [1.807, 2.05) is 37.8 Å². The topological polar surface area (TPSA) is 32.8 Å². The van der Waals surface area contributed by atoms with E-state index in [9.17, 15) is 4.79 Å². The summed E-state index contributed by atoms with van der Waals surface area (Å²) >= 11 is 0. The standard InChI is InChI=1S/C29H34N2O2/c1-29(2,3)33-28(32)31-19-18-30(21-24-10-6-4-7-11-24)22-27(31)20-23-14-16-26(17-15-23)25-12-8-5-9-13-25/h4-17,27H,18-22H2,1-3H3/t27-/m0/s1. The largest absolute Gasteiger partial charge is 0.444 e. The third kappa shape index (κ3) is 6.45. The lowest BCUT2D eigenvalue weighted by molar-refractivity contribution is -0.00232. The van der Waals surface area contributed by atoms with Gasteiger partial charge in [-0.05, 0) is 49.4 Å². The normalized spacial score (nSPS) is 17.1. The van der Waals surface area contributed by atoms with Gasteiger partial charge in [0.1, 0.15) is 5.60 Å². The van der Waals surface area contributed by atoms with Crippen molar-refractivity contribution >= 4 is 6.09 Å². The van der Waals surface area contributed by atoms with Crippen molar-refractivity contribution in [3.8, 4) is 11.1 Å². The summed E-state index contributed by atoms with van der Waals surface area (Å²) in [5.41, 5.74) is 4.45. The van der Waals surface area contributed by atoms with E-state index in [0.29, 0.717) is 6.54 Å². The van der Waals surface area contributed by atoms with Crippen molar-refractivity contribution in [2.75, 3.05) is 19.6 Å². The van der Waals surface area contributed by atoms with E-state index in [-0.39, 0.29) is 12.1 Å². The van der Waals surface area contributed by atoms with Crippen molar-refractivity contribution < 1.29 is 9.53 Å². The Kier molecular flexibility index (Phi) is 7.14. The van der Waals surface area contributed by atoms with Crippen LogP contribution in [-0.2, 0) is 17.7 Å². The second-order valence-electron chi connectivity index (χ2n) is 9.82. The second kappa shape index (κ2) is 10.2. The van der Waals surface area contributed by atoms with Crippen LogP contribution in [0.1, 0.15) is 31.9 Å². The summed E-state index contributed by atoms with van der Waals surface area (Å²) in [5, 5.41) is 0. The van der Waals surface area contributed by atoms with Crippen LogP contribution in [0.4, 0.5) is 4.79 Å². The van der Waals surface area contributed by atoms with Gasteiger partial charge in [-0.2, -0.15) is 0 Å². The minimum atomic E-state index is -0.500. The number of amides is 1. The highest BCUT2D eigenvalue weighted by atomic mass is 16.6. The highest BCUT2D eigenvalue weighted by Gasteiger charge is 2.33. The molecule has 1 saturated heterocycles. The first-order chi connectivity index (χ1) is 15.9. The van der Waals surface area contributed by atoms with Crippen LogP contribution in [0.3, 0.4) is 0 Å². The minimum Gasteiger partial charge on any atom is -0.444 e. The van der Waals surface area contributed by atoms with Crippen LogP contribution in [0.25, 0.3) is 11.1 Å². The summed E-state index contributed by atoms with van der Waals surface area (Å²) in [6, 6.07) is 29.7. The minimum absolute atomic E-state index is 0.0693. The first kappa shape index (κ1) is 23.1. The molecule has 1 aliphatic heterocycles. The molecule has 1 atom stereocenters. The predicted molar refractivity (Wildman–Crippen MR) is 134 cm³/mol. The van der Waals surface area contributed by atoms with E-state index in [1.54, 1.807) is 0 Å². The van der Waals surface area contributed by atoms with E-state index in [4.69, 9.17) is 4.74 Å². The molecule has 0 unspecified atom stereocenters. The molecule has 4 heteroatoms. The molecule has 3 aromatic carbocycles. The van der Waals surface area contributed by atoms with Crippen molar-refractivity contribution in [2.45, 2.75) is 45.4 Å². The molecule has 1 heterocycles. The average Bonchev–Trinajstić information content (AvgIpc) is 2.80. The molecule has 1 aliphatic rings. The van der Waals surface area contributed by atoms with Gasteiger partial charge in [-0.3, -0.25) is 4.90 Å². The molecule has 33 heavy (non-hydrogen) atoms. The number of carbonyl (C=O) groups excluding carboxylic acids is 1. The number of hydrogen-bond acceptors (Lipinski definition) is 3. The summed E-state index contributed by atoms with van der Waals surface area (Å²) < 4.78 is 5.74. The maximum Gasteiger partial charge on any atom is 0.410 e. The average molecular weight is 443 g/mol.